The second-order valence-electron chi connectivity index (χ2n) is 6.43. The Hall–Kier alpha value is -1.73. The number of hydrogen-bond donors (Lipinski definition) is 0. The summed E-state index contributed by atoms with van der Waals surface area (Å²) in [4.78, 5) is 30.7. The van der Waals surface area contributed by atoms with Crippen molar-refractivity contribution in [1.82, 2.24) is 14.7 Å². The molecule has 25 heavy (non-hydrogen) atoms. The Morgan fingerprint density at radius 1 is 1.24 bits per heavy atom. The van der Waals surface area contributed by atoms with E-state index >= 15 is 0 Å². The normalized spacial score (nSPS) is 21.7. The Balaban J connectivity index is 1.63. The van der Waals surface area contributed by atoms with Gasteiger partial charge in [0.2, 0.25) is 11.8 Å². The van der Waals surface area contributed by atoms with E-state index < -0.39 is 0 Å². The van der Waals surface area contributed by atoms with E-state index in [1.807, 2.05) is 34.1 Å². The number of para-hydroxylation sites is 1. The summed E-state index contributed by atoms with van der Waals surface area (Å²) in [6.45, 7) is 3.82. The third kappa shape index (κ3) is 4.10. The van der Waals surface area contributed by atoms with Crippen LogP contribution in [0.15, 0.2) is 24.3 Å². The molecule has 0 radical (unpaired) electrons. The molecule has 136 valence electrons. The molecule has 1 aromatic carbocycles. The molecule has 2 fully saturated rings. The number of nitrogens with zero attached hydrogens (tertiary/aromatic N) is 3. The number of methoxy groups -OCH3 is 1. The summed E-state index contributed by atoms with van der Waals surface area (Å²) < 4.78 is 5.44. The van der Waals surface area contributed by atoms with Crippen molar-refractivity contribution in [2.24, 2.45) is 0 Å². The lowest BCUT2D eigenvalue weighted by Crippen LogP contribution is -2.47. The highest BCUT2D eigenvalue weighted by molar-refractivity contribution is 8.00. The van der Waals surface area contributed by atoms with Crippen molar-refractivity contribution < 1.29 is 14.3 Å². The molecule has 2 aliphatic rings. The van der Waals surface area contributed by atoms with E-state index in [1.165, 1.54) is 0 Å². The van der Waals surface area contributed by atoms with Crippen LogP contribution in [0, 0.1) is 0 Å². The first-order valence-corrected chi connectivity index (χ1v) is 9.65. The Morgan fingerprint density at radius 2 is 1.96 bits per heavy atom. The third-order valence-electron chi connectivity index (χ3n) is 4.80. The number of carbonyl (C=O) groups excluding carboxylic acids is 2. The van der Waals surface area contributed by atoms with Gasteiger partial charge in [-0.25, -0.2) is 0 Å². The fraction of sp³-hybridized carbons (Fsp3) is 0.556. The zero-order valence-electron chi connectivity index (χ0n) is 14.8. The lowest BCUT2D eigenvalue weighted by Gasteiger charge is -2.33. The van der Waals surface area contributed by atoms with Crippen LogP contribution in [0.3, 0.4) is 0 Å². The predicted octanol–water partition coefficient (Wildman–Crippen LogP) is 1.43. The number of benzene rings is 1. The first kappa shape index (κ1) is 18.1. The maximum Gasteiger partial charge on any atom is 0.233 e. The number of ether oxygens (including phenoxy) is 1. The quantitative estimate of drug-likeness (QED) is 0.792. The van der Waals surface area contributed by atoms with Crippen LogP contribution >= 0.6 is 11.8 Å². The summed E-state index contributed by atoms with van der Waals surface area (Å²) in [6.07, 6.45) is 0.377. The van der Waals surface area contributed by atoms with Crippen molar-refractivity contribution in [2.45, 2.75) is 11.8 Å². The maximum atomic E-state index is 12.5. The van der Waals surface area contributed by atoms with Crippen LogP contribution in [0.5, 0.6) is 5.75 Å². The number of piperazine rings is 1. The van der Waals surface area contributed by atoms with Crippen molar-refractivity contribution in [3.8, 4) is 5.75 Å². The number of carbonyl (C=O) groups is 2. The molecule has 0 saturated carbocycles. The molecule has 0 aromatic heterocycles. The third-order valence-corrected chi connectivity index (χ3v) is 6.03. The van der Waals surface area contributed by atoms with Gasteiger partial charge >= 0.3 is 0 Å². The molecule has 0 N–H and O–H groups in total. The first-order chi connectivity index (χ1) is 12.1. The second kappa shape index (κ2) is 8.10. The largest absolute Gasteiger partial charge is 0.496 e. The van der Waals surface area contributed by atoms with E-state index in [-0.39, 0.29) is 17.2 Å². The molecule has 0 spiro atoms. The minimum atomic E-state index is -0.0797. The van der Waals surface area contributed by atoms with Gasteiger partial charge in [-0.1, -0.05) is 18.2 Å². The van der Waals surface area contributed by atoms with Gasteiger partial charge < -0.3 is 19.4 Å². The zero-order chi connectivity index (χ0) is 17.8. The number of thioether (sulfide) groups is 1. The summed E-state index contributed by atoms with van der Waals surface area (Å²) in [5.74, 6) is 1.46. The fourth-order valence-corrected chi connectivity index (χ4v) is 4.50. The van der Waals surface area contributed by atoms with Crippen molar-refractivity contribution >= 4 is 23.6 Å². The van der Waals surface area contributed by atoms with Crippen LogP contribution in [0.1, 0.15) is 17.4 Å². The average Bonchev–Trinajstić information content (AvgIpc) is 3.00. The number of amides is 2. The zero-order valence-corrected chi connectivity index (χ0v) is 15.6. The molecule has 6 nitrogen and oxygen atoms in total. The molecule has 2 saturated heterocycles. The molecule has 0 bridgehead atoms. The smallest absolute Gasteiger partial charge is 0.233 e. The summed E-state index contributed by atoms with van der Waals surface area (Å²) in [5.41, 5.74) is 0.993. The van der Waals surface area contributed by atoms with Gasteiger partial charge in [0.15, 0.2) is 0 Å². The van der Waals surface area contributed by atoms with Crippen LogP contribution < -0.4 is 4.74 Å². The molecule has 7 heteroatoms. The summed E-state index contributed by atoms with van der Waals surface area (Å²) >= 11 is 1.59. The van der Waals surface area contributed by atoms with Gasteiger partial charge in [-0.05, 0) is 13.1 Å². The van der Waals surface area contributed by atoms with Gasteiger partial charge in [-0.2, -0.15) is 0 Å². The lowest BCUT2D eigenvalue weighted by atomic mass is 10.1. The molecule has 3 rings (SSSR count). The van der Waals surface area contributed by atoms with Crippen LogP contribution in [0.4, 0.5) is 0 Å². The Kier molecular flexibility index (Phi) is 5.86. The lowest BCUT2D eigenvalue weighted by molar-refractivity contribution is -0.134. The van der Waals surface area contributed by atoms with Gasteiger partial charge in [-0.15, -0.1) is 11.8 Å². The Morgan fingerprint density at radius 3 is 2.68 bits per heavy atom. The van der Waals surface area contributed by atoms with Gasteiger partial charge in [-0.3, -0.25) is 9.59 Å². The minimum Gasteiger partial charge on any atom is -0.496 e. The molecule has 0 aliphatic carbocycles. The van der Waals surface area contributed by atoms with Gasteiger partial charge in [0.25, 0.3) is 0 Å². The van der Waals surface area contributed by atoms with E-state index in [0.29, 0.717) is 18.7 Å². The average molecular weight is 363 g/mol. The molecule has 1 atom stereocenters. The molecule has 2 amide bonds. The number of likely N-dealkylation sites (N-methyl/N-ethyl adjacent to an activating group) is 1. The van der Waals surface area contributed by atoms with E-state index in [4.69, 9.17) is 4.74 Å². The maximum absolute atomic E-state index is 12.5. The first-order valence-electron chi connectivity index (χ1n) is 8.60. The fourth-order valence-electron chi connectivity index (χ4n) is 3.25. The molecular weight excluding hydrogens is 338 g/mol. The van der Waals surface area contributed by atoms with Gasteiger partial charge in [0.1, 0.15) is 11.1 Å². The summed E-state index contributed by atoms with van der Waals surface area (Å²) in [7, 11) is 3.71. The van der Waals surface area contributed by atoms with E-state index in [1.54, 1.807) is 18.9 Å². The van der Waals surface area contributed by atoms with Crippen LogP contribution in [-0.2, 0) is 9.59 Å². The molecular formula is C18H25N3O3S. The van der Waals surface area contributed by atoms with Gasteiger partial charge in [0, 0.05) is 44.7 Å². The monoisotopic (exact) mass is 363 g/mol. The van der Waals surface area contributed by atoms with Crippen molar-refractivity contribution in [1.29, 1.82) is 0 Å². The van der Waals surface area contributed by atoms with Crippen LogP contribution in [0.2, 0.25) is 0 Å². The topological polar surface area (TPSA) is 53.1 Å². The number of hydrogen-bond acceptors (Lipinski definition) is 5. The number of rotatable bonds is 5. The summed E-state index contributed by atoms with van der Waals surface area (Å²) in [5, 5.41) is -0.0797. The van der Waals surface area contributed by atoms with E-state index in [0.717, 1.165) is 37.5 Å². The molecule has 2 aliphatic heterocycles. The molecule has 1 aromatic rings. The van der Waals surface area contributed by atoms with Crippen molar-refractivity contribution in [2.75, 3.05) is 52.6 Å². The second-order valence-corrected chi connectivity index (χ2v) is 7.50. The van der Waals surface area contributed by atoms with Crippen LogP contribution in [0.25, 0.3) is 0 Å². The highest BCUT2D eigenvalue weighted by atomic mass is 32.2. The molecule has 2 heterocycles. The van der Waals surface area contributed by atoms with E-state index in [9.17, 15) is 9.59 Å². The van der Waals surface area contributed by atoms with Gasteiger partial charge in [0.05, 0.1) is 12.9 Å². The SMILES string of the molecule is COc1ccccc1C1SCC(=O)N1CCC(=O)N1CCN(C)CC1. The highest BCUT2D eigenvalue weighted by Gasteiger charge is 2.34. The standard InChI is InChI=1S/C18H25N3O3S/c1-19-9-11-20(12-10-19)16(22)7-8-21-17(23)13-25-18(21)14-5-3-4-6-15(14)24-2/h3-6,18H,7-13H2,1-2H3. The van der Waals surface area contributed by atoms with Crippen molar-refractivity contribution in [3.05, 3.63) is 29.8 Å². The molecule has 1 unspecified atom stereocenters. The summed E-state index contributed by atoms with van der Waals surface area (Å²) in [6, 6.07) is 7.77. The minimum absolute atomic E-state index is 0.0797. The Labute approximate surface area is 153 Å². The van der Waals surface area contributed by atoms with E-state index in [2.05, 4.69) is 11.9 Å². The van der Waals surface area contributed by atoms with Crippen molar-refractivity contribution in [3.63, 3.8) is 0 Å². The highest BCUT2D eigenvalue weighted by Crippen LogP contribution is 2.42. The van der Waals surface area contributed by atoms with Crippen LogP contribution in [-0.4, -0.2) is 79.1 Å². The Bertz CT molecular complexity index is 632. The predicted molar refractivity (Wildman–Crippen MR) is 98.6 cm³/mol.